The van der Waals surface area contributed by atoms with E-state index in [1.807, 2.05) is 0 Å². The van der Waals surface area contributed by atoms with Gasteiger partial charge in [-0.15, -0.1) is 0 Å². The normalized spacial score (nSPS) is 10.0. The van der Waals surface area contributed by atoms with Crippen molar-refractivity contribution in [3.63, 3.8) is 0 Å². The predicted octanol–water partition coefficient (Wildman–Crippen LogP) is -0.274. The molecule has 8 heteroatoms. The molecule has 112 valence electrons. The second-order valence-corrected chi connectivity index (χ2v) is 4.03. The van der Waals surface area contributed by atoms with Gasteiger partial charge in [-0.1, -0.05) is 0 Å². The molecule has 0 saturated carbocycles. The molecule has 0 radical (unpaired) electrons. The third-order valence-corrected chi connectivity index (χ3v) is 2.60. The summed E-state index contributed by atoms with van der Waals surface area (Å²) in [6.45, 7) is 1.13. The van der Waals surface area contributed by atoms with E-state index in [1.165, 1.54) is 13.4 Å². The van der Waals surface area contributed by atoms with Crippen LogP contribution in [0.4, 0.5) is 11.6 Å². The minimum absolute atomic E-state index is 0.115. The summed E-state index contributed by atoms with van der Waals surface area (Å²) in [4.78, 5) is 21.7. The molecule has 1 heterocycles. The minimum atomic E-state index is -0.115. The van der Waals surface area contributed by atoms with Gasteiger partial charge in [0.1, 0.15) is 6.33 Å². The highest BCUT2D eigenvalue weighted by Crippen LogP contribution is 2.30. The van der Waals surface area contributed by atoms with Crippen molar-refractivity contribution in [1.82, 2.24) is 15.3 Å². The van der Waals surface area contributed by atoms with Crippen LogP contribution in [0.25, 0.3) is 0 Å². The van der Waals surface area contributed by atoms with E-state index in [0.717, 1.165) is 0 Å². The number of nitrogens with zero attached hydrogens (tertiary/aromatic N) is 3. The second kappa shape index (κ2) is 8.16. The first-order chi connectivity index (χ1) is 9.63. The number of anilines is 2. The molecule has 0 spiro atoms. The van der Waals surface area contributed by atoms with Gasteiger partial charge in [-0.05, 0) is 0 Å². The Morgan fingerprint density at radius 1 is 1.40 bits per heavy atom. The Hall–Kier alpha value is -2.09. The summed E-state index contributed by atoms with van der Waals surface area (Å²) >= 11 is 0. The lowest BCUT2D eigenvalue weighted by atomic mass is 10.4. The minimum Gasteiger partial charge on any atom is -0.490 e. The number of methoxy groups -OCH3 is 2. The van der Waals surface area contributed by atoms with Gasteiger partial charge in [0.2, 0.25) is 11.7 Å². The second-order valence-electron chi connectivity index (χ2n) is 4.03. The van der Waals surface area contributed by atoms with E-state index in [9.17, 15) is 4.79 Å². The molecular formula is C12H21N5O3. The third kappa shape index (κ3) is 4.23. The van der Waals surface area contributed by atoms with E-state index < -0.39 is 0 Å². The van der Waals surface area contributed by atoms with Gasteiger partial charge in [0.15, 0.2) is 11.6 Å². The summed E-state index contributed by atoms with van der Waals surface area (Å²) in [7, 11) is 6.63. The number of amides is 1. The summed E-state index contributed by atoms with van der Waals surface area (Å²) in [6.07, 6.45) is 1.42. The highest BCUT2D eigenvalue weighted by Gasteiger charge is 2.16. The van der Waals surface area contributed by atoms with Crippen LogP contribution in [0.2, 0.25) is 0 Å². The molecule has 1 rings (SSSR count). The Kier molecular flexibility index (Phi) is 6.51. The van der Waals surface area contributed by atoms with Crippen molar-refractivity contribution >= 4 is 17.5 Å². The molecule has 0 aliphatic carbocycles. The van der Waals surface area contributed by atoms with Gasteiger partial charge in [-0.3, -0.25) is 4.79 Å². The largest absolute Gasteiger partial charge is 0.490 e. The number of rotatable bonds is 8. The van der Waals surface area contributed by atoms with E-state index >= 15 is 0 Å². The topological polar surface area (TPSA) is 88.6 Å². The monoisotopic (exact) mass is 283 g/mol. The van der Waals surface area contributed by atoms with Crippen LogP contribution in [0.1, 0.15) is 0 Å². The highest BCUT2D eigenvalue weighted by atomic mass is 16.5. The van der Waals surface area contributed by atoms with Crippen molar-refractivity contribution in [2.45, 2.75) is 0 Å². The number of likely N-dealkylation sites (N-methyl/N-ethyl adjacent to an activating group) is 1. The number of nitrogens with one attached hydrogen (secondary N) is 2. The number of carbonyl (C=O) groups is 1. The predicted molar refractivity (Wildman–Crippen MR) is 76.3 cm³/mol. The number of hydrogen-bond donors (Lipinski definition) is 2. The van der Waals surface area contributed by atoms with Gasteiger partial charge in [0.25, 0.3) is 0 Å². The van der Waals surface area contributed by atoms with Crippen LogP contribution in [-0.2, 0) is 9.53 Å². The summed E-state index contributed by atoms with van der Waals surface area (Å²) in [5.41, 5.74) is 0. The van der Waals surface area contributed by atoms with Crippen LogP contribution in [0, 0.1) is 0 Å². The summed E-state index contributed by atoms with van der Waals surface area (Å²) in [5, 5.41) is 5.66. The number of ether oxygens (including phenoxy) is 2. The Balaban J connectivity index is 2.72. The molecule has 0 aliphatic rings. The maximum absolute atomic E-state index is 11.7. The van der Waals surface area contributed by atoms with Crippen LogP contribution in [0.5, 0.6) is 5.75 Å². The maximum atomic E-state index is 11.7. The van der Waals surface area contributed by atoms with Crippen LogP contribution in [0.3, 0.4) is 0 Å². The smallest absolute Gasteiger partial charge is 0.239 e. The molecule has 0 aromatic carbocycles. The van der Waals surface area contributed by atoms with Gasteiger partial charge >= 0.3 is 0 Å². The zero-order valence-electron chi connectivity index (χ0n) is 12.3. The molecule has 8 nitrogen and oxygen atoms in total. The summed E-state index contributed by atoms with van der Waals surface area (Å²) in [6, 6.07) is 0. The van der Waals surface area contributed by atoms with E-state index in [-0.39, 0.29) is 12.5 Å². The Morgan fingerprint density at radius 2 is 2.15 bits per heavy atom. The van der Waals surface area contributed by atoms with Crippen molar-refractivity contribution in [3.05, 3.63) is 6.33 Å². The first kappa shape index (κ1) is 16.0. The van der Waals surface area contributed by atoms with Crippen molar-refractivity contribution in [2.75, 3.05) is 58.2 Å². The van der Waals surface area contributed by atoms with Crippen molar-refractivity contribution in [2.24, 2.45) is 0 Å². The molecule has 0 fully saturated rings. The molecule has 0 bridgehead atoms. The first-order valence-electron chi connectivity index (χ1n) is 6.17. The van der Waals surface area contributed by atoms with Gasteiger partial charge in [0, 0.05) is 27.7 Å². The fraction of sp³-hybridized carbons (Fsp3) is 0.583. The van der Waals surface area contributed by atoms with Crippen molar-refractivity contribution in [3.8, 4) is 5.75 Å². The Labute approximate surface area is 118 Å². The Bertz CT molecular complexity index is 441. The molecule has 0 atom stereocenters. The number of hydrogen-bond acceptors (Lipinski definition) is 7. The molecule has 1 amide bonds. The number of aromatic nitrogens is 2. The average molecular weight is 283 g/mol. The van der Waals surface area contributed by atoms with Crippen LogP contribution in [-0.4, -0.2) is 63.9 Å². The van der Waals surface area contributed by atoms with Gasteiger partial charge in [-0.25, -0.2) is 9.97 Å². The van der Waals surface area contributed by atoms with E-state index in [1.54, 1.807) is 26.1 Å². The lowest BCUT2D eigenvalue weighted by Gasteiger charge is -2.20. The van der Waals surface area contributed by atoms with E-state index in [2.05, 4.69) is 20.6 Å². The SMILES string of the molecule is CNc1ncnc(N(C)CC(=O)NCCOC)c1OC. The van der Waals surface area contributed by atoms with Gasteiger partial charge in [-0.2, -0.15) is 0 Å². The molecule has 1 aromatic rings. The van der Waals surface area contributed by atoms with Crippen molar-refractivity contribution < 1.29 is 14.3 Å². The third-order valence-electron chi connectivity index (χ3n) is 2.60. The van der Waals surface area contributed by atoms with Crippen LogP contribution >= 0.6 is 0 Å². The van der Waals surface area contributed by atoms with E-state index in [4.69, 9.17) is 9.47 Å². The quantitative estimate of drug-likeness (QED) is 0.635. The summed E-state index contributed by atoms with van der Waals surface area (Å²) in [5.74, 6) is 1.51. The zero-order valence-corrected chi connectivity index (χ0v) is 12.3. The lowest BCUT2D eigenvalue weighted by molar-refractivity contribution is -0.119. The molecule has 0 saturated heterocycles. The molecule has 0 aliphatic heterocycles. The molecule has 2 N–H and O–H groups in total. The Morgan fingerprint density at radius 3 is 2.75 bits per heavy atom. The molecule has 0 unspecified atom stereocenters. The average Bonchev–Trinajstić information content (AvgIpc) is 2.46. The number of carbonyl (C=O) groups excluding carboxylic acids is 1. The molecule has 20 heavy (non-hydrogen) atoms. The van der Waals surface area contributed by atoms with Gasteiger partial charge < -0.3 is 25.0 Å². The molecular weight excluding hydrogens is 262 g/mol. The zero-order chi connectivity index (χ0) is 15.0. The van der Waals surface area contributed by atoms with Crippen molar-refractivity contribution in [1.29, 1.82) is 0 Å². The van der Waals surface area contributed by atoms with Crippen LogP contribution < -0.4 is 20.3 Å². The fourth-order valence-electron chi connectivity index (χ4n) is 1.64. The van der Waals surface area contributed by atoms with E-state index in [0.29, 0.717) is 30.5 Å². The highest BCUT2D eigenvalue weighted by molar-refractivity contribution is 5.81. The first-order valence-corrected chi connectivity index (χ1v) is 6.17. The maximum Gasteiger partial charge on any atom is 0.239 e. The fourth-order valence-corrected chi connectivity index (χ4v) is 1.64. The standard InChI is InChI=1S/C12H21N5O3/c1-13-11-10(20-4)12(16-8-15-11)17(2)7-9(18)14-5-6-19-3/h8H,5-7H2,1-4H3,(H,14,18)(H,13,15,16). The van der Waals surface area contributed by atoms with Gasteiger partial charge in [0.05, 0.1) is 20.3 Å². The van der Waals surface area contributed by atoms with Crippen LogP contribution in [0.15, 0.2) is 6.33 Å². The summed E-state index contributed by atoms with van der Waals surface area (Å²) < 4.78 is 10.2. The lowest BCUT2D eigenvalue weighted by Crippen LogP contribution is -2.37. The molecule has 1 aromatic heterocycles.